The predicted molar refractivity (Wildman–Crippen MR) is 233 cm³/mol. The number of piperazine rings is 1. The van der Waals surface area contributed by atoms with E-state index in [1.54, 1.807) is 30.5 Å². The topological polar surface area (TPSA) is 194 Å². The number of fused-ring (bicyclic) bond motifs is 2. The van der Waals surface area contributed by atoms with Gasteiger partial charge in [-0.1, -0.05) is 27.7 Å². The van der Waals surface area contributed by atoms with Crippen molar-refractivity contribution in [3.05, 3.63) is 83.2 Å². The summed E-state index contributed by atoms with van der Waals surface area (Å²) < 4.78 is 6.63. The first kappa shape index (κ1) is 41.9. The summed E-state index contributed by atoms with van der Waals surface area (Å²) in [6.07, 6.45) is 4.87. The number of imide groups is 2. The second kappa shape index (κ2) is 16.3. The normalized spacial score (nSPS) is 23.5. The molecule has 16 nitrogen and oxygen atoms in total. The van der Waals surface area contributed by atoms with Gasteiger partial charge in [0.25, 0.3) is 17.7 Å². The molecule has 5 amide bonds. The zero-order chi connectivity index (χ0) is 44.2. The number of pyridine rings is 1. The summed E-state index contributed by atoms with van der Waals surface area (Å²) in [7, 11) is 0. The molecule has 16 heteroatoms. The van der Waals surface area contributed by atoms with Crippen LogP contribution >= 0.6 is 0 Å². The highest BCUT2D eigenvalue weighted by atomic mass is 16.5. The van der Waals surface area contributed by atoms with Crippen LogP contribution in [0.4, 0.5) is 11.5 Å². The summed E-state index contributed by atoms with van der Waals surface area (Å²) in [4.78, 5) is 76.5. The fourth-order valence-electron chi connectivity index (χ4n) is 10.8. The minimum Gasteiger partial charge on any atom is -0.488 e. The number of piperidine rings is 2. The van der Waals surface area contributed by atoms with E-state index >= 15 is 0 Å². The number of rotatable bonds is 10. The Hall–Kier alpha value is -6.47. The molecule has 1 aliphatic carbocycles. The van der Waals surface area contributed by atoms with Crippen molar-refractivity contribution in [3.63, 3.8) is 0 Å². The van der Waals surface area contributed by atoms with Crippen LogP contribution in [0, 0.1) is 28.1 Å². The van der Waals surface area contributed by atoms with E-state index in [2.05, 4.69) is 74.3 Å². The van der Waals surface area contributed by atoms with Crippen molar-refractivity contribution in [1.29, 1.82) is 5.26 Å². The lowest BCUT2D eigenvalue weighted by Gasteiger charge is -2.63. The molecule has 4 fully saturated rings. The monoisotopic (exact) mass is 852 g/mol. The molecule has 2 aromatic carbocycles. The van der Waals surface area contributed by atoms with Gasteiger partial charge in [-0.15, -0.1) is 10.2 Å². The summed E-state index contributed by atoms with van der Waals surface area (Å²) in [5.41, 5.74) is 2.02. The Bertz CT molecular complexity index is 2520. The molecule has 2 N–H and O–H groups in total. The highest BCUT2D eigenvalue weighted by Gasteiger charge is 2.64. The molecule has 3 saturated heterocycles. The Balaban J connectivity index is 0.721. The lowest BCUT2D eigenvalue weighted by atomic mass is 9.49. The average molecular weight is 853 g/mol. The van der Waals surface area contributed by atoms with E-state index in [0.717, 1.165) is 86.9 Å². The largest absolute Gasteiger partial charge is 0.488 e. The number of hydrogen-bond donors (Lipinski definition) is 2. The summed E-state index contributed by atoms with van der Waals surface area (Å²) in [5, 5.41) is 24.7. The second-order valence-corrected chi connectivity index (χ2v) is 18.7. The number of aromatic nitrogens is 3. The van der Waals surface area contributed by atoms with Gasteiger partial charge in [-0.05, 0) is 92.7 Å². The number of hydrogen-bond acceptors (Lipinski definition) is 13. The lowest BCUT2D eigenvalue weighted by Crippen LogP contribution is -2.74. The van der Waals surface area contributed by atoms with Gasteiger partial charge in [0.15, 0.2) is 11.5 Å². The van der Waals surface area contributed by atoms with Crippen molar-refractivity contribution in [2.24, 2.45) is 16.7 Å². The molecule has 5 aliphatic rings. The number of nitriles is 1. The zero-order valence-corrected chi connectivity index (χ0v) is 36.1. The van der Waals surface area contributed by atoms with Gasteiger partial charge >= 0.3 is 0 Å². The maximum Gasteiger partial charge on any atom is 0.272 e. The first-order valence-corrected chi connectivity index (χ1v) is 21.9. The Kier molecular flexibility index (Phi) is 10.9. The van der Waals surface area contributed by atoms with Crippen LogP contribution in [-0.4, -0.2) is 119 Å². The third kappa shape index (κ3) is 7.62. The molecule has 63 heavy (non-hydrogen) atoms. The Labute approximate surface area is 365 Å². The Morgan fingerprint density at radius 3 is 2.32 bits per heavy atom. The van der Waals surface area contributed by atoms with E-state index in [0.29, 0.717) is 33.9 Å². The highest BCUT2D eigenvalue weighted by Crippen LogP contribution is 2.56. The van der Waals surface area contributed by atoms with Gasteiger partial charge in [-0.25, -0.2) is 0 Å². The van der Waals surface area contributed by atoms with E-state index in [1.165, 1.54) is 0 Å². The molecule has 0 radical (unpaired) electrons. The van der Waals surface area contributed by atoms with Gasteiger partial charge in [0.1, 0.15) is 24.0 Å². The SMILES string of the molecule is CC1(C)C(NC(=O)c2ccc(N3CCC(CCN4CCN(c5ccc6c(c5)C(=O)N(C5CCC(=O)NC5=O)C6=O)CC4)CC3)nn2)C(C)(C)C1Oc1ccc(C#N)c2ncccc12. The summed E-state index contributed by atoms with van der Waals surface area (Å²) >= 11 is 0. The van der Waals surface area contributed by atoms with Gasteiger partial charge in [-0.3, -0.25) is 44.1 Å². The van der Waals surface area contributed by atoms with Gasteiger partial charge in [0.05, 0.1) is 22.2 Å². The van der Waals surface area contributed by atoms with Crippen LogP contribution < -0.4 is 25.2 Å². The number of anilines is 2. The minimum atomic E-state index is -0.978. The number of nitrogens with zero attached hydrogens (tertiary/aromatic N) is 8. The molecular formula is C47H52N10O6. The fourth-order valence-corrected chi connectivity index (χ4v) is 10.8. The molecule has 1 unspecified atom stereocenters. The Morgan fingerprint density at radius 1 is 0.873 bits per heavy atom. The minimum absolute atomic E-state index is 0.0880. The summed E-state index contributed by atoms with van der Waals surface area (Å²) in [6, 6.07) is 17.3. The van der Waals surface area contributed by atoms with E-state index in [-0.39, 0.29) is 36.6 Å². The van der Waals surface area contributed by atoms with Gasteiger partial charge in [-0.2, -0.15) is 5.26 Å². The molecule has 4 aliphatic heterocycles. The van der Waals surface area contributed by atoms with E-state index in [9.17, 15) is 29.2 Å². The maximum atomic E-state index is 13.5. The molecule has 326 valence electrons. The lowest BCUT2D eigenvalue weighted by molar-refractivity contribution is -0.163. The highest BCUT2D eigenvalue weighted by molar-refractivity contribution is 6.23. The molecular weight excluding hydrogens is 801 g/mol. The van der Waals surface area contributed by atoms with Gasteiger partial charge in [0.2, 0.25) is 11.8 Å². The number of benzene rings is 2. The van der Waals surface area contributed by atoms with E-state index < -0.39 is 40.5 Å². The molecule has 9 rings (SSSR count). The average Bonchev–Trinajstić information content (AvgIpc) is 3.54. The first-order chi connectivity index (χ1) is 30.2. The number of ether oxygens (including phenoxy) is 1. The van der Waals surface area contributed by atoms with Crippen LogP contribution in [0.5, 0.6) is 5.75 Å². The first-order valence-electron chi connectivity index (χ1n) is 21.9. The quantitative estimate of drug-likeness (QED) is 0.214. The van der Waals surface area contributed by atoms with Crippen molar-refractivity contribution in [1.82, 2.24) is 35.6 Å². The maximum absolute atomic E-state index is 13.5. The van der Waals surface area contributed by atoms with Crippen LogP contribution in [0.3, 0.4) is 0 Å². The third-order valence-corrected chi connectivity index (χ3v) is 14.0. The summed E-state index contributed by atoms with van der Waals surface area (Å²) in [5.74, 6) is -0.239. The standard InChI is InChI=1S/C47H52N10O6/c1-46(2)44(47(3,4)45(46)63-36-12-7-29(27-48)39-32(36)6-5-18-49-39)51-40(59)34-10-13-37(53-52-34)56-20-16-28(17-21-56)15-19-54-22-24-55(25-23-54)30-8-9-31-33(26-30)43(62)57(42(31)61)35-11-14-38(58)50-41(35)60/h5-10,12-13,18,26,28,35,44-45H,11,14-17,19-25H2,1-4H3,(H,51,59)(H,50,58,60). The molecule has 1 atom stereocenters. The van der Waals surface area contributed by atoms with Crippen molar-refractivity contribution in [2.75, 3.05) is 55.6 Å². The third-order valence-electron chi connectivity index (χ3n) is 14.0. The van der Waals surface area contributed by atoms with Crippen LogP contribution in [0.25, 0.3) is 10.9 Å². The van der Waals surface area contributed by atoms with Crippen molar-refractivity contribution in [2.45, 2.75) is 78.0 Å². The van der Waals surface area contributed by atoms with Crippen LogP contribution in [0.1, 0.15) is 96.6 Å². The molecule has 0 spiro atoms. The van der Waals surface area contributed by atoms with Crippen molar-refractivity contribution >= 4 is 51.9 Å². The fraction of sp³-hybridized carbons (Fsp3) is 0.468. The Morgan fingerprint density at radius 2 is 1.62 bits per heavy atom. The number of amides is 5. The van der Waals surface area contributed by atoms with Gasteiger partial charge in [0, 0.05) is 79.8 Å². The smallest absolute Gasteiger partial charge is 0.272 e. The van der Waals surface area contributed by atoms with Crippen molar-refractivity contribution < 1.29 is 28.7 Å². The van der Waals surface area contributed by atoms with Crippen LogP contribution in [0.2, 0.25) is 0 Å². The zero-order valence-electron chi connectivity index (χ0n) is 36.1. The van der Waals surface area contributed by atoms with E-state index in [1.807, 2.05) is 30.3 Å². The molecule has 1 saturated carbocycles. The van der Waals surface area contributed by atoms with Crippen LogP contribution in [-0.2, 0) is 9.59 Å². The number of carbonyl (C=O) groups is 5. The van der Waals surface area contributed by atoms with E-state index in [4.69, 9.17) is 4.74 Å². The van der Waals surface area contributed by atoms with Crippen LogP contribution in [0.15, 0.2) is 60.8 Å². The van der Waals surface area contributed by atoms with Gasteiger partial charge < -0.3 is 19.9 Å². The molecule has 4 aromatic rings. The molecule has 0 bridgehead atoms. The number of carbonyl (C=O) groups excluding carboxylic acids is 5. The molecule has 6 heterocycles. The summed E-state index contributed by atoms with van der Waals surface area (Å²) in [6.45, 7) is 14.5. The predicted octanol–water partition coefficient (Wildman–Crippen LogP) is 4.34. The number of nitrogens with one attached hydrogen (secondary N) is 2. The molecule has 2 aromatic heterocycles. The second-order valence-electron chi connectivity index (χ2n) is 18.7. The van der Waals surface area contributed by atoms with Crippen molar-refractivity contribution in [3.8, 4) is 11.8 Å².